The summed E-state index contributed by atoms with van der Waals surface area (Å²) in [7, 11) is 0. The van der Waals surface area contributed by atoms with Gasteiger partial charge in [-0.05, 0) is 133 Å². The standard InChI is InChI=1S/C63H45NO/c65-62-56(46-16-6-2-7-17-46)41-30-47-24-25-49-42-48(31-40-55(49)61(47)62)45-28-36-53(37-29-45)64(52-34-26-44(27-35-52)43-14-4-1-5-15-43)54-38-32-51(33-39-54)63(50-18-8-3-9-19-50)59-22-12-10-20-57(59)58-21-11-13-23-60(58)63/h1,3-6,8-42,65H,2,7H2. The number of rotatable bonds is 8. The highest BCUT2D eigenvalue weighted by Gasteiger charge is 2.45. The number of phenols is 1. The van der Waals surface area contributed by atoms with Crippen molar-refractivity contribution in [3.63, 3.8) is 0 Å². The van der Waals surface area contributed by atoms with E-state index in [2.05, 4.69) is 242 Å². The molecule has 65 heavy (non-hydrogen) atoms. The minimum atomic E-state index is -0.464. The zero-order chi connectivity index (χ0) is 43.3. The summed E-state index contributed by atoms with van der Waals surface area (Å²) in [5.41, 5.74) is 17.0. The number of nitrogens with zero attached hydrogens (tertiary/aromatic N) is 1. The molecule has 1 N–H and O–H groups in total. The van der Waals surface area contributed by atoms with Crippen molar-refractivity contribution < 1.29 is 5.11 Å². The zero-order valence-corrected chi connectivity index (χ0v) is 35.9. The molecule has 2 nitrogen and oxygen atoms in total. The maximum absolute atomic E-state index is 11.7. The first-order valence-corrected chi connectivity index (χ1v) is 22.6. The fraction of sp³-hybridized carbons (Fsp3) is 0.0476. The second kappa shape index (κ2) is 15.9. The van der Waals surface area contributed by atoms with E-state index in [0.717, 1.165) is 73.7 Å². The summed E-state index contributed by atoms with van der Waals surface area (Å²) < 4.78 is 0. The van der Waals surface area contributed by atoms with Crippen molar-refractivity contribution >= 4 is 44.2 Å². The molecule has 2 heteroatoms. The second-order valence-corrected chi connectivity index (χ2v) is 17.2. The summed E-state index contributed by atoms with van der Waals surface area (Å²) >= 11 is 0. The third kappa shape index (κ3) is 6.40. The molecule has 0 fully saturated rings. The van der Waals surface area contributed by atoms with Crippen molar-refractivity contribution in [3.05, 3.63) is 271 Å². The monoisotopic (exact) mass is 831 g/mol. The van der Waals surface area contributed by atoms with Crippen LogP contribution in [0, 0.1) is 0 Å². The largest absolute Gasteiger partial charge is 0.507 e. The Bertz CT molecular complexity index is 3410. The van der Waals surface area contributed by atoms with Crippen LogP contribution in [0.15, 0.2) is 243 Å². The van der Waals surface area contributed by atoms with Gasteiger partial charge in [0.05, 0.1) is 5.41 Å². The number of phenolic OH excluding ortho intramolecular Hbond substituents is 1. The summed E-state index contributed by atoms with van der Waals surface area (Å²) in [6.45, 7) is 0. The highest BCUT2D eigenvalue weighted by molar-refractivity contribution is 6.13. The molecule has 2 aliphatic rings. The van der Waals surface area contributed by atoms with Crippen molar-refractivity contribution in [1.82, 2.24) is 0 Å². The van der Waals surface area contributed by atoms with Gasteiger partial charge >= 0.3 is 0 Å². The smallest absolute Gasteiger partial charge is 0.131 e. The molecule has 12 rings (SSSR count). The Balaban J connectivity index is 0.945. The minimum Gasteiger partial charge on any atom is -0.507 e. The summed E-state index contributed by atoms with van der Waals surface area (Å²) in [4.78, 5) is 2.36. The maximum atomic E-state index is 11.7. The number of aromatic hydroxyl groups is 1. The Morgan fingerprint density at radius 3 is 1.54 bits per heavy atom. The minimum absolute atomic E-state index is 0.348. The molecular formula is C63H45NO. The molecule has 0 bridgehead atoms. The van der Waals surface area contributed by atoms with E-state index >= 15 is 0 Å². The van der Waals surface area contributed by atoms with Crippen molar-refractivity contribution in [2.24, 2.45) is 0 Å². The molecule has 0 radical (unpaired) electrons. The van der Waals surface area contributed by atoms with Crippen LogP contribution in [-0.2, 0) is 5.41 Å². The van der Waals surface area contributed by atoms with Crippen LogP contribution in [-0.4, -0.2) is 5.11 Å². The Kier molecular flexibility index (Phi) is 9.39. The molecule has 0 amide bonds. The fourth-order valence-electron chi connectivity index (χ4n) is 10.6. The quantitative estimate of drug-likeness (QED) is 0.154. The molecule has 2 aliphatic carbocycles. The lowest BCUT2D eigenvalue weighted by Crippen LogP contribution is -2.28. The van der Waals surface area contributed by atoms with Gasteiger partial charge in [0.25, 0.3) is 0 Å². The molecule has 0 atom stereocenters. The predicted octanol–water partition coefficient (Wildman–Crippen LogP) is 16.6. The molecule has 0 spiro atoms. The van der Waals surface area contributed by atoms with Crippen molar-refractivity contribution in [2.75, 3.05) is 4.90 Å². The Morgan fingerprint density at radius 1 is 0.400 bits per heavy atom. The first-order chi connectivity index (χ1) is 32.1. The van der Waals surface area contributed by atoms with E-state index in [1.54, 1.807) is 0 Å². The zero-order valence-electron chi connectivity index (χ0n) is 35.9. The van der Waals surface area contributed by atoms with Crippen LogP contribution < -0.4 is 4.90 Å². The van der Waals surface area contributed by atoms with Crippen LogP contribution in [0.4, 0.5) is 17.1 Å². The van der Waals surface area contributed by atoms with Gasteiger partial charge in [-0.15, -0.1) is 0 Å². The molecule has 308 valence electrons. The van der Waals surface area contributed by atoms with Crippen LogP contribution in [0.25, 0.3) is 60.5 Å². The van der Waals surface area contributed by atoms with E-state index in [9.17, 15) is 5.11 Å². The van der Waals surface area contributed by atoms with Gasteiger partial charge in [0.2, 0.25) is 0 Å². The van der Waals surface area contributed by atoms with Gasteiger partial charge in [0.15, 0.2) is 0 Å². The SMILES string of the molecule is Oc1c(C2=CCCC=C2)ccc2ccc3cc(-c4ccc(N(c5ccc(-c6ccccc6)cc5)c5ccc(C6(c7ccccc7)c7ccccc7-c7ccccc76)cc5)cc4)ccc3c12. The van der Waals surface area contributed by atoms with Gasteiger partial charge in [-0.1, -0.05) is 200 Å². The van der Waals surface area contributed by atoms with Gasteiger partial charge in [-0.25, -0.2) is 0 Å². The van der Waals surface area contributed by atoms with E-state index in [0.29, 0.717) is 5.75 Å². The van der Waals surface area contributed by atoms with Crippen LogP contribution in [0.5, 0.6) is 5.75 Å². The first kappa shape index (κ1) is 38.5. The first-order valence-electron chi connectivity index (χ1n) is 22.6. The average molecular weight is 832 g/mol. The van der Waals surface area contributed by atoms with E-state index < -0.39 is 5.41 Å². The lowest BCUT2D eigenvalue weighted by molar-refractivity contribution is 0.480. The van der Waals surface area contributed by atoms with E-state index in [1.807, 2.05) is 6.07 Å². The topological polar surface area (TPSA) is 23.5 Å². The highest BCUT2D eigenvalue weighted by atomic mass is 16.3. The fourth-order valence-corrected chi connectivity index (χ4v) is 10.6. The van der Waals surface area contributed by atoms with Crippen molar-refractivity contribution in [1.29, 1.82) is 0 Å². The van der Waals surface area contributed by atoms with Crippen LogP contribution in [0.1, 0.15) is 40.7 Å². The number of benzene rings is 10. The molecule has 0 unspecified atom stereocenters. The van der Waals surface area contributed by atoms with Crippen molar-refractivity contribution in [2.45, 2.75) is 18.3 Å². The Morgan fingerprint density at radius 2 is 0.908 bits per heavy atom. The summed E-state index contributed by atoms with van der Waals surface area (Å²) in [5, 5.41) is 15.7. The third-order valence-corrected chi connectivity index (χ3v) is 13.7. The van der Waals surface area contributed by atoms with Crippen molar-refractivity contribution in [3.8, 4) is 39.1 Å². The normalized spacial score (nSPS) is 13.6. The van der Waals surface area contributed by atoms with Crippen LogP contribution in [0.2, 0.25) is 0 Å². The number of anilines is 3. The van der Waals surface area contributed by atoms with E-state index in [-0.39, 0.29) is 0 Å². The van der Waals surface area contributed by atoms with Gasteiger partial charge in [0, 0.05) is 28.0 Å². The molecule has 10 aromatic carbocycles. The number of allylic oxidation sites excluding steroid dienone is 4. The van der Waals surface area contributed by atoms with Gasteiger partial charge in [-0.2, -0.15) is 0 Å². The summed E-state index contributed by atoms with van der Waals surface area (Å²) in [5.74, 6) is 0.348. The summed E-state index contributed by atoms with van der Waals surface area (Å²) in [6.07, 6.45) is 8.57. The van der Waals surface area contributed by atoms with Gasteiger partial charge in [0.1, 0.15) is 5.75 Å². The van der Waals surface area contributed by atoms with Crippen LogP contribution in [0.3, 0.4) is 0 Å². The Labute approximate surface area is 380 Å². The van der Waals surface area contributed by atoms with Gasteiger partial charge < -0.3 is 10.0 Å². The second-order valence-electron chi connectivity index (χ2n) is 17.2. The predicted molar refractivity (Wildman–Crippen MR) is 272 cm³/mol. The average Bonchev–Trinajstić information content (AvgIpc) is 3.69. The molecule has 0 saturated heterocycles. The third-order valence-electron chi connectivity index (χ3n) is 13.7. The molecular weight excluding hydrogens is 787 g/mol. The lowest BCUT2D eigenvalue weighted by Gasteiger charge is -2.34. The molecule has 0 heterocycles. The summed E-state index contributed by atoms with van der Waals surface area (Å²) in [6, 6.07) is 81.5. The van der Waals surface area contributed by atoms with E-state index in [4.69, 9.17) is 0 Å². The number of fused-ring (bicyclic) bond motifs is 6. The van der Waals surface area contributed by atoms with E-state index in [1.165, 1.54) is 44.5 Å². The van der Waals surface area contributed by atoms with Crippen LogP contribution >= 0.6 is 0 Å². The Hall–Kier alpha value is -8.20. The maximum Gasteiger partial charge on any atom is 0.131 e. The molecule has 0 aliphatic heterocycles. The highest BCUT2D eigenvalue weighted by Crippen LogP contribution is 2.56. The number of hydrogen-bond acceptors (Lipinski definition) is 2. The molecule has 0 saturated carbocycles. The molecule has 10 aromatic rings. The molecule has 0 aromatic heterocycles. The lowest BCUT2D eigenvalue weighted by atomic mass is 9.68. The number of hydrogen-bond donors (Lipinski definition) is 1. The van der Waals surface area contributed by atoms with Gasteiger partial charge in [-0.3, -0.25) is 0 Å².